The Kier molecular flexibility index (Phi) is 1.99. The minimum Gasteiger partial charge on any atom is -0.396 e. The van der Waals surface area contributed by atoms with Crippen LogP contribution in [0.1, 0.15) is 26.7 Å². The topological polar surface area (TPSA) is 37.3 Å². The van der Waals surface area contributed by atoms with E-state index in [-0.39, 0.29) is 18.4 Å². The van der Waals surface area contributed by atoms with Crippen LogP contribution in [0.15, 0.2) is 0 Å². The second kappa shape index (κ2) is 2.81. The number of aliphatic hydroxyl groups excluding tert-OH is 1. The molecule has 13 heavy (non-hydrogen) atoms. The molecule has 3 aliphatic rings. The number of rotatable bonds is 2. The SMILES string of the molecule is CC1(C)[C@@H]2CC(C=O)C(CO)[C@H]1C2. The predicted octanol–water partition coefficient (Wildman–Crippen LogP) is 1.48. The molecule has 2 heteroatoms. The quantitative estimate of drug-likeness (QED) is 0.657. The van der Waals surface area contributed by atoms with Crippen LogP contribution in [0.4, 0.5) is 0 Å². The van der Waals surface area contributed by atoms with Gasteiger partial charge in [0, 0.05) is 12.5 Å². The van der Waals surface area contributed by atoms with E-state index in [0.717, 1.165) is 18.6 Å². The highest BCUT2D eigenvalue weighted by molar-refractivity contribution is 5.55. The molecule has 0 saturated heterocycles. The van der Waals surface area contributed by atoms with E-state index in [1.54, 1.807) is 0 Å². The zero-order chi connectivity index (χ0) is 9.64. The lowest BCUT2D eigenvalue weighted by Gasteiger charge is -2.61. The first-order valence-electron chi connectivity index (χ1n) is 5.17. The average molecular weight is 182 g/mol. The van der Waals surface area contributed by atoms with Crippen molar-refractivity contribution in [2.24, 2.45) is 29.1 Å². The van der Waals surface area contributed by atoms with Crippen molar-refractivity contribution >= 4 is 6.29 Å². The van der Waals surface area contributed by atoms with Crippen molar-refractivity contribution < 1.29 is 9.90 Å². The summed E-state index contributed by atoms with van der Waals surface area (Å²) in [5.41, 5.74) is 0.368. The van der Waals surface area contributed by atoms with Gasteiger partial charge in [0.25, 0.3) is 0 Å². The smallest absolute Gasteiger partial charge is 0.123 e. The number of aldehydes is 1. The molecule has 0 spiro atoms. The van der Waals surface area contributed by atoms with Crippen molar-refractivity contribution in [2.45, 2.75) is 26.7 Å². The molecule has 2 unspecified atom stereocenters. The summed E-state index contributed by atoms with van der Waals surface area (Å²) in [4.78, 5) is 10.8. The van der Waals surface area contributed by atoms with Gasteiger partial charge in [0.05, 0.1) is 0 Å². The molecule has 0 radical (unpaired) electrons. The Labute approximate surface area is 79.3 Å². The Hall–Kier alpha value is -0.370. The van der Waals surface area contributed by atoms with Crippen molar-refractivity contribution in [3.63, 3.8) is 0 Å². The van der Waals surface area contributed by atoms with Crippen LogP contribution in [0.2, 0.25) is 0 Å². The molecule has 0 aromatic rings. The lowest BCUT2D eigenvalue weighted by molar-refractivity contribution is -0.153. The maximum absolute atomic E-state index is 10.8. The zero-order valence-electron chi connectivity index (χ0n) is 8.36. The van der Waals surface area contributed by atoms with Crippen LogP contribution in [0, 0.1) is 29.1 Å². The number of hydrogen-bond donors (Lipinski definition) is 1. The lowest BCUT2D eigenvalue weighted by Crippen LogP contribution is -2.56. The van der Waals surface area contributed by atoms with Gasteiger partial charge >= 0.3 is 0 Å². The van der Waals surface area contributed by atoms with E-state index in [4.69, 9.17) is 0 Å². The first-order valence-corrected chi connectivity index (χ1v) is 5.17. The third-order valence-corrected chi connectivity index (χ3v) is 4.56. The summed E-state index contributed by atoms with van der Waals surface area (Å²) in [5, 5.41) is 9.26. The number of aliphatic hydroxyl groups is 1. The summed E-state index contributed by atoms with van der Waals surface area (Å²) in [5.74, 6) is 1.65. The Morgan fingerprint density at radius 1 is 1.46 bits per heavy atom. The number of hydrogen-bond acceptors (Lipinski definition) is 2. The lowest BCUT2D eigenvalue weighted by atomic mass is 9.43. The fourth-order valence-electron chi connectivity index (χ4n) is 3.40. The minimum absolute atomic E-state index is 0.127. The molecule has 3 fully saturated rings. The number of carbonyl (C=O) groups is 1. The van der Waals surface area contributed by atoms with Crippen LogP contribution < -0.4 is 0 Å². The van der Waals surface area contributed by atoms with Crippen LogP contribution in [-0.4, -0.2) is 18.0 Å². The highest BCUT2D eigenvalue weighted by atomic mass is 16.3. The van der Waals surface area contributed by atoms with Gasteiger partial charge in [0.1, 0.15) is 6.29 Å². The first kappa shape index (κ1) is 9.20. The van der Waals surface area contributed by atoms with Gasteiger partial charge in [-0.05, 0) is 36.0 Å². The van der Waals surface area contributed by atoms with Crippen LogP contribution in [0.25, 0.3) is 0 Å². The zero-order valence-corrected chi connectivity index (χ0v) is 8.36. The molecule has 0 aliphatic heterocycles. The van der Waals surface area contributed by atoms with Crippen molar-refractivity contribution in [1.82, 2.24) is 0 Å². The monoisotopic (exact) mass is 182 g/mol. The van der Waals surface area contributed by atoms with Gasteiger partial charge in [-0.3, -0.25) is 0 Å². The van der Waals surface area contributed by atoms with Crippen molar-refractivity contribution in [3.8, 4) is 0 Å². The van der Waals surface area contributed by atoms with Crippen LogP contribution >= 0.6 is 0 Å². The molecule has 2 nitrogen and oxygen atoms in total. The second-order valence-corrected chi connectivity index (χ2v) is 5.24. The van der Waals surface area contributed by atoms with Gasteiger partial charge in [-0.15, -0.1) is 0 Å². The molecule has 3 aliphatic carbocycles. The first-order chi connectivity index (χ1) is 6.11. The van der Waals surface area contributed by atoms with E-state index in [1.807, 2.05) is 0 Å². The van der Waals surface area contributed by atoms with E-state index in [9.17, 15) is 9.90 Å². The molecule has 3 saturated carbocycles. The fraction of sp³-hybridized carbons (Fsp3) is 0.909. The molecular formula is C11H18O2. The second-order valence-electron chi connectivity index (χ2n) is 5.24. The third-order valence-electron chi connectivity index (χ3n) is 4.56. The Balaban J connectivity index is 2.17. The van der Waals surface area contributed by atoms with E-state index in [0.29, 0.717) is 11.3 Å². The van der Waals surface area contributed by atoms with E-state index >= 15 is 0 Å². The molecule has 2 bridgehead atoms. The Morgan fingerprint density at radius 3 is 2.62 bits per heavy atom. The molecule has 4 atom stereocenters. The Morgan fingerprint density at radius 2 is 2.15 bits per heavy atom. The van der Waals surface area contributed by atoms with E-state index in [2.05, 4.69) is 13.8 Å². The highest BCUT2D eigenvalue weighted by Crippen LogP contribution is 2.62. The maximum Gasteiger partial charge on any atom is 0.123 e. The van der Waals surface area contributed by atoms with Crippen molar-refractivity contribution in [3.05, 3.63) is 0 Å². The van der Waals surface area contributed by atoms with Gasteiger partial charge in [-0.2, -0.15) is 0 Å². The molecular weight excluding hydrogens is 164 g/mol. The molecule has 3 rings (SSSR count). The van der Waals surface area contributed by atoms with Gasteiger partial charge in [-0.25, -0.2) is 0 Å². The van der Waals surface area contributed by atoms with Gasteiger partial charge < -0.3 is 9.90 Å². The summed E-state index contributed by atoms with van der Waals surface area (Å²) in [6.07, 6.45) is 3.27. The summed E-state index contributed by atoms with van der Waals surface area (Å²) < 4.78 is 0. The van der Waals surface area contributed by atoms with Gasteiger partial charge in [-0.1, -0.05) is 13.8 Å². The van der Waals surface area contributed by atoms with Gasteiger partial charge in [0.15, 0.2) is 0 Å². The third kappa shape index (κ3) is 1.08. The molecule has 0 heterocycles. The summed E-state index contributed by atoms with van der Waals surface area (Å²) >= 11 is 0. The molecule has 0 amide bonds. The predicted molar refractivity (Wildman–Crippen MR) is 50.1 cm³/mol. The largest absolute Gasteiger partial charge is 0.396 e. The average Bonchev–Trinajstić information content (AvgIpc) is 2.16. The minimum atomic E-state index is 0.127. The normalized spacial score (nSPS) is 46.7. The molecule has 0 aromatic carbocycles. The maximum atomic E-state index is 10.8. The molecule has 1 N–H and O–H groups in total. The fourth-order valence-corrected chi connectivity index (χ4v) is 3.40. The van der Waals surface area contributed by atoms with Crippen molar-refractivity contribution in [1.29, 1.82) is 0 Å². The van der Waals surface area contributed by atoms with Gasteiger partial charge in [0.2, 0.25) is 0 Å². The van der Waals surface area contributed by atoms with Crippen LogP contribution in [0.3, 0.4) is 0 Å². The standard InChI is InChI=1S/C11H18O2/c1-11(2)8-3-7(5-12)9(6-13)10(11)4-8/h5,7-10,13H,3-4,6H2,1-2H3/t7?,8-,9?,10-/m1/s1. The Bertz CT molecular complexity index is 222. The van der Waals surface area contributed by atoms with E-state index < -0.39 is 0 Å². The summed E-state index contributed by atoms with van der Waals surface area (Å²) in [6.45, 7) is 4.73. The van der Waals surface area contributed by atoms with Crippen molar-refractivity contribution in [2.75, 3.05) is 6.61 Å². The van der Waals surface area contributed by atoms with Crippen LogP contribution in [-0.2, 0) is 4.79 Å². The molecule has 74 valence electrons. The summed E-state index contributed by atoms with van der Waals surface area (Å²) in [6, 6.07) is 0. The number of carbonyl (C=O) groups excluding carboxylic acids is 1. The number of fused-ring (bicyclic) bond motifs is 2. The highest BCUT2D eigenvalue weighted by Gasteiger charge is 2.57. The molecule has 0 aromatic heterocycles. The van der Waals surface area contributed by atoms with Crippen LogP contribution in [0.5, 0.6) is 0 Å². The summed E-state index contributed by atoms with van der Waals surface area (Å²) in [7, 11) is 0. The van der Waals surface area contributed by atoms with E-state index in [1.165, 1.54) is 6.42 Å².